The molecule has 0 aromatic carbocycles. The fraction of sp³-hybridized carbons (Fsp3) is 0.500. The summed E-state index contributed by atoms with van der Waals surface area (Å²) in [5.41, 5.74) is 0.0135. The summed E-state index contributed by atoms with van der Waals surface area (Å²) < 4.78 is 7.40. The third-order valence-electron chi connectivity index (χ3n) is 2.44. The predicted molar refractivity (Wildman–Crippen MR) is 73.8 cm³/mol. The van der Waals surface area contributed by atoms with Crippen LogP contribution in [0.2, 0.25) is 0 Å². The van der Waals surface area contributed by atoms with E-state index in [9.17, 15) is 9.59 Å². The van der Waals surface area contributed by atoms with Gasteiger partial charge >= 0.3 is 0 Å². The number of carbonyl (C=O) groups excluding carboxylic acids is 1. The molecule has 1 aromatic rings. The first-order chi connectivity index (χ1) is 8.49. The first-order valence-corrected chi connectivity index (χ1v) is 6.60. The summed E-state index contributed by atoms with van der Waals surface area (Å²) in [5, 5.41) is 2.58. The first kappa shape index (κ1) is 14.9. The number of aromatic nitrogens is 1. The molecule has 0 aliphatic rings. The van der Waals surface area contributed by atoms with Crippen molar-refractivity contribution >= 4 is 27.5 Å². The molecular weight excluding hydrogens is 300 g/mol. The maximum atomic E-state index is 11.8. The quantitative estimate of drug-likeness (QED) is 0.903. The highest BCUT2D eigenvalue weighted by molar-refractivity contribution is 9.10. The second-order valence-corrected chi connectivity index (χ2v) is 4.62. The maximum absolute atomic E-state index is 11.8. The number of nitrogens with zero attached hydrogens (tertiary/aromatic N) is 1. The van der Waals surface area contributed by atoms with Crippen molar-refractivity contribution in [3.8, 4) is 0 Å². The van der Waals surface area contributed by atoms with Crippen LogP contribution in [0.5, 0.6) is 0 Å². The topological polar surface area (TPSA) is 60.3 Å². The van der Waals surface area contributed by atoms with Gasteiger partial charge < -0.3 is 14.6 Å². The van der Waals surface area contributed by atoms with Gasteiger partial charge in [-0.25, -0.2) is 0 Å². The van der Waals surface area contributed by atoms with E-state index in [1.54, 1.807) is 19.3 Å². The number of pyridine rings is 1. The summed E-state index contributed by atoms with van der Waals surface area (Å²) in [6, 6.07) is 0. The van der Waals surface area contributed by atoms with Gasteiger partial charge in [0.1, 0.15) is 11.8 Å². The Morgan fingerprint density at radius 2 is 2.17 bits per heavy atom. The normalized spacial score (nSPS) is 12.2. The summed E-state index contributed by atoms with van der Waals surface area (Å²) in [5.74, 6) is -0.324. The van der Waals surface area contributed by atoms with Crippen LogP contribution in [0.15, 0.2) is 21.7 Å². The molecule has 0 unspecified atom stereocenters. The molecule has 6 heteroatoms. The SMILES string of the molecule is CCO[C@H](C)C(=O)Nc1cn(CC)cc(Br)c1=O. The molecule has 5 nitrogen and oxygen atoms in total. The molecule has 0 saturated heterocycles. The maximum Gasteiger partial charge on any atom is 0.253 e. The van der Waals surface area contributed by atoms with Gasteiger partial charge in [0.25, 0.3) is 5.91 Å². The summed E-state index contributed by atoms with van der Waals surface area (Å²) in [7, 11) is 0. The zero-order chi connectivity index (χ0) is 13.7. The average Bonchev–Trinajstić information content (AvgIpc) is 2.34. The molecule has 18 heavy (non-hydrogen) atoms. The largest absolute Gasteiger partial charge is 0.369 e. The third-order valence-corrected chi connectivity index (χ3v) is 3.01. The van der Waals surface area contributed by atoms with Crippen molar-refractivity contribution in [3.05, 3.63) is 27.1 Å². The van der Waals surface area contributed by atoms with Crippen LogP contribution in [0, 0.1) is 0 Å². The standard InChI is InChI=1S/C12H17BrN2O3/c1-4-15-6-9(13)11(16)10(7-15)14-12(17)8(3)18-5-2/h6-8H,4-5H2,1-3H3,(H,14,17)/t8-/m1/s1. The smallest absolute Gasteiger partial charge is 0.253 e. The molecule has 0 spiro atoms. The number of halogens is 1. The van der Waals surface area contributed by atoms with E-state index in [2.05, 4.69) is 21.2 Å². The van der Waals surface area contributed by atoms with Crippen LogP contribution in [0.1, 0.15) is 20.8 Å². The molecule has 0 saturated carbocycles. The van der Waals surface area contributed by atoms with E-state index >= 15 is 0 Å². The van der Waals surface area contributed by atoms with Gasteiger partial charge in [0.05, 0.1) is 4.47 Å². The molecule has 0 bridgehead atoms. The van der Waals surface area contributed by atoms with Crippen molar-refractivity contribution in [2.24, 2.45) is 0 Å². The van der Waals surface area contributed by atoms with Crippen molar-refractivity contribution in [3.63, 3.8) is 0 Å². The number of ether oxygens (including phenoxy) is 1. The van der Waals surface area contributed by atoms with E-state index in [1.165, 1.54) is 0 Å². The number of hydrogen-bond acceptors (Lipinski definition) is 3. The number of aryl methyl sites for hydroxylation is 1. The molecule has 1 rings (SSSR count). The summed E-state index contributed by atoms with van der Waals surface area (Å²) in [4.78, 5) is 23.6. The summed E-state index contributed by atoms with van der Waals surface area (Å²) >= 11 is 3.18. The highest BCUT2D eigenvalue weighted by Crippen LogP contribution is 2.09. The van der Waals surface area contributed by atoms with Gasteiger partial charge in [-0.05, 0) is 36.7 Å². The van der Waals surface area contributed by atoms with E-state index < -0.39 is 6.10 Å². The van der Waals surface area contributed by atoms with Gasteiger partial charge in [-0.1, -0.05) is 0 Å². The van der Waals surface area contributed by atoms with Crippen molar-refractivity contribution in [2.45, 2.75) is 33.4 Å². The molecule has 0 aliphatic carbocycles. The van der Waals surface area contributed by atoms with Crippen molar-refractivity contribution in [2.75, 3.05) is 11.9 Å². The number of carbonyl (C=O) groups is 1. The lowest BCUT2D eigenvalue weighted by molar-refractivity contribution is -0.126. The summed E-state index contributed by atoms with van der Waals surface area (Å²) in [6.45, 7) is 6.57. The molecular formula is C12H17BrN2O3. The van der Waals surface area contributed by atoms with Crippen LogP contribution in [0.4, 0.5) is 5.69 Å². The Labute approximate surface area is 114 Å². The Balaban J connectivity index is 2.93. The number of nitrogens with one attached hydrogen (secondary N) is 1. The molecule has 0 aliphatic heterocycles. The molecule has 100 valence electrons. The zero-order valence-corrected chi connectivity index (χ0v) is 12.3. The Bertz CT molecular complexity index is 485. The Morgan fingerprint density at radius 1 is 1.50 bits per heavy atom. The minimum absolute atomic E-state index is 0.239. The lowest BCUT2D eigenvalue weighted by atomic mass is 10.3. The van der Waals surface area contributed by atoms with E-state index in [-0.39, 0.29) is 17.0 Å². The van der Waals surface area contributed by atoms with Crippen LogP contribution in [0.3, 0.4) is 0 Å². The minimum atomic E-state index is -0.580. The molecule has 1 aromatic heterocycles. The minimum Gasteiger partial charge on any atom is -0.369 e. The summed E-state index contributed by atoms with van der Waals surface area (Å²) in [6.07, 6.45) is 2.72. The van der Waals surface area contributed by atoms with Crippen molar-refractivity contribution in [1.82, 2.24) is 4.57 Å². The second kappa shape index (κ2) is 6.70. The number of amides is 1. The molecule has 1 N–H and O–H groups in total. The third kappa shape index (κ3) is 3.68. The van der Waals surface area contributed by atoms with Gasteiger partial charge in [-0.15, -0.1) is 0 Å². The fourth-order valence-electron chi connectivity index (χ4n) is 1.43. The van der Waals surface area contributed by atoms with Crippen molar-refractivity contribution in [1.29, 1.82) is 0 Å². The zero-order valence-electron chi connectivity index (χ0n) is 10.7. The van der Waals surface area contributed by atoms with Gasteiger partial charge in [0.15, 0.2) is 0 Å². The van der Waals surface area contributed by atoms with Crippen LogP contribution in [-0.4, -0.2) is 23.2 Å². The number of hydrogen-bond donors (Lipinski definition) is 1. The fourth-order valence-corrected chi connectivity index (χ4v) is 1.90. The molecule has 0 fully saturated rings. The molecule has 1 atom stereocenters. The van der Waals surface area contributed by atoms with E-state index in [1.807, 2.05) is 18.4 Å². The van der Waals surface area contributed by atoms with Crippen molar-refractivity contribution < 1.29 is 9.53 Å². The van der Waals surface area contributed by atoms with E-state index in [0.29, 0.717) is 17.6 Å². The number of anilines is 1. The Kier molecular flexibility index (Phi) is 5.55. The molecule has 1 heterocycles. The van der Waals surface area contributed by atoms with Crippen LogP contribution < -0.4 is 10.7 Å². The average molecular weight is 317 g/mol. The second-order valence-electron chi connectivity index (χ2n) is 3.77. The Hall–Kier alpha value is -1.14. The van der Waals surface area contributed by atoms with Crippen LogP contribution in [0.25, 0.3) is 0 Å². The monoisotopic (exact) mass is 316 g/mol. The van der Waals surface area contributed by atoms with E-state index in [4.69, 9.17) is 4.74 Å². The molecule has 1 amide bonds. The van der Waals surface area contributed by atoms with E-state index in [0.717, 1.165) is 0 Å². The highest BCUT2D eigenvalue weighted by Gasteiger charge is 2.15. The van der Waals surface area contributed by atoms with Crippen LogP contribution >= 0.6 is 15.9 Å². The predicted octanol–water partition coefficient (Wildman–Crippen LogP) is 1.99. The van der Waals surface area contributed by atoms with Gasteiger partial charge in [-0.2, -0.15) is 0 Å². The van der Waals surface area contributed by atoms with Crippen LogP contribution in [-0.2, 0) is 16.1 Å². The number of rotatable bonds is 5. The highest BCUT2D eigenvalue weighted by atomic mass is 79.9. The Morgan fingerprint density at radius 3 is 2.72 bits per heavy atom. The first-order valence-electron chi connectivity index (χ1n) is 5.81. The van der Waals surface area contributed by atoms with Gasteiger partial charge in [0.2, 0.25) is 5.43 Å². The molecule has 0 radical (unpaired) electrons. The van der Waals surface area contributed by atoms with Gasteiger partial charge in [-0.3, -0.25) is 9.59 Å². The van der Waals surface area contributed by atoms with Gasteiger partial charge in [0, 0.05) is 25.5 Å². The lowest BCUT2D eigenvalue weighted by Crippen LogP contribution is -2.30. The lowest BCUT2D eigenvalue weighted by Gasteiger charge is -2.13.